The van der Waals surface area contributed by atoms with Crippen molar-refractivity contribution in [3.05, 3.63) is 82.3 Å². The maximum Gasteiger partial charge on any atom is 0.237 e. The topological polar surface area (TPSA) is 63.2 Å². The highest BCUT2D eigenvalue weighted by molar-refractivity contribution is 9.10. The van der Waals surface area contributed by atoms with Crippen LogP contribution < -0.4 is 4.72 Å². The van der Waals surface area contributed by atoms with E-state index in [4.69, 9.17) is 0 Å². The highest BCUT2D eigenvalue weighted by Crippen LogP contribution is 2.19. The van der Waals surface area contributed by atoms with Crippen molar-refractivity contribution >= 4 is 42.6 Å². The molecule has 6 heteroatoms. The van der Waals surface area contributed by atoms with Crippen LogP contribution in [0.25, 0.3) is 10.8 Å². The molecule has 0 unspecified atom stereocenters. The fourth-order valence-electron chi connectivity index (χ4n) is 2.83. The summed E-state index contributed by atoms with van der Waals surface area (Å²) < 4.78 is 27.5. The highest BCUT2D eigenvalue weighted by Gasteiger charge is 2.16. The van der Waals surface area contributed by atoms with Gasteiger partial charge in [0.1, 0.15) is 0 Å². The third-order valence-electron chi connectivity index (χ3n) is 4.10. The van der Waals surface area contributed by atoms with E-state index in [2.05, 4.69) is 20.7 Å². The average molecular weight is 432 g/mol. The lowest BCUT2D eigenvalue weighted by Crippen LogP contribution is -2.34. The number of halogens is 1. The molecule has 26 heavy (non-hydrogen) atoms. The molecule has 0 bridgehead atoms. The fraction of sp³-hybridized carbons (Fsp3) is 0.150. The molecule has 1 amide bonds. The van der Waals surface area contributed by atoms with Gasteiger partial charge in [0.2, 0.25) is 15.9 Å². The summed E-state index contributed by atoms with van der Waals surface area (Å²) in [5, 5.41) is 1.98. The van der Waals surface area contributed by atoms with Gasteiger partial charge in [-0.15, -0.1) is 0 Å². The lowest BCUT2D eigenvalue weighted by Gasteiger charge is -2.09. The molecule has 0 saturated heterocycles. The average Bonchev–Trinajstić information content (AvgIpc) is 2.61. The molecular weight excluding hydrogens is 414 g/mol. The van der Waals surface area contributed by atoms with E-state index in [0.29, 0.717) is 6.42 Å². The molecule has 0 saturated carbocycles. The molecule has 134 valence electrons. The maximum absolute atomic E-state index is 12.3. The monoisotopic (exact) mass is 431 g/mol. The van der Waals surface area contributed by atoms with E-state index >= 15 is 0 Å². The molecule has 0 aliphatic rings. The quantitative estimate of drug-likeness (QED) is 0.644. The van der Waals surface area contributed by atoms with Gasteiger partial charge in [-0.05, 0) is 34.4 Å². The lowest BCUT2D eigenvalue weighted by atomic mass is 10.0. The zero-order valence-corrected chi connectivity index (χ0v) is 16.4. The van der Waals surface area contributed by atoms with Gasteiger partial charge < -0.3 is 0 Å². The van der Waals surface area contributed by atoms with Crippen LogP contribution in [-0.2, 0) is 27.7 Å². The Morgan fingerprint density at radius 2 is 1.54 bits per heavy atom. The number of carbonyl (C=O) groups excluding carboxylic acids is 1. The van der Waals surface area contributed by atoms with Crippen LogP contribution in [0.5, 0.6) is 0 Å². The number of hydrogen-bond donors (Lipinski definition) is 1. The molecule has 1 N–H and O–H groups in total. The van der Waals surface area contributed by atoms with Gasteiger partial charge in [0.15, 0.2) is 0 Å². The predicted molar refractivity (Wildman–Crippen MR) is 107 cm³/mol. The normalized spacial score (nSPS) is 11.4. The molecule has 0 fully saturated rings. The van der Waals surface area contributed by atoms with E-state index in [1.54, 1.807) is 0 Å². The van der Waals surface area contributed by atoms with Crippen molar-refractivity contribution in [3.63, 3.8) is 0 Å². The number of benzene rings is 3. The molecule has 0 heterocycles. The second-order valence-corrected chi connectivity index (χ2v) is 8.70. The third kappa shape index (κ3) is 4.71. The first kappa shape index (κ1) is 18.6. The molecular formula is C20H18BrNO3S. The predicted octanol–water partition coefficient (Wildman–Crippen LogP) is 3.83. The summed E-state index contributed by atoms with van der Waals surface area (Å²) in [6.45, 7) is 0. The van der Waals surface area contributed by atoms with Crippen LogP contribution in [-0.4, -0.2) is 20.1 Å². The van der Waals surface area contributed by atoms with Crippen molar-refractivity contribution < 1.29 is 13.2 Å². The zero-order chi connectivity index (χ0) is 18.6. The molecule has 3 aromatic rings. The van der Waals surface area contributed by atoms with E-state index in [9.17, 15) is 13.2 Å². The van der Waals surface area contributed by atoms with E-state index in [0.717, 1.165) is 26.4 Å². The van der Waals surface area contributed by atoms with Crippen LogP contribution in [0.4, 0.5) is 0 Å². The fourth-order valence-corrected chi connectivity index (χ4v) is 4.32. The maximum atomic E-state index is 12.3. The lowest BCUT2D eigenvalue weighted by molar-refractivity contribution is -0.118. The summed E-state index contributed by atoms with van der Waals surface area (Å²) in [5.74, 6) is -0.662. The van der Waals surface area contributed by atoms with Crippen LogP contribution in [0.1, 0.15) is 11.1 Å². The van der Waals surface area contributed by atoms with Crippen molar-refractivity contribution in [1.29, 1.82) is 0 Å². The van der Waals surface area contributed by atoms with Crippen molar-refractivity contribution in [2.45, 2.75) is 12.8 Å². The van der Waals surface area contributed by atoms with Crippen LogP contribution >= 0.6 is 15.9 Å². The summed E-state index contributed by atoms with van der Waals surface area (Å²) in [4.78, 5) is 12.3. The number of amides is 1. The van der Waals surface area contributed by atoms with Crippen LogP contribution in [0.15, 0.2) is 71.2 Å². The van der Waals surface area contributed by atoms with Gasteiger partial charge in [-0.3, -0.25) is 9.52 Å². The Balaban J connectivity index is 1.66. The van der Waals surface area contributed by atoms with Crippen molar-refractivity contribution in [3.8, 4) is 0 Å². The van der Waals surface area contributed by atoms with E-state index in [-0.39, 0.29) is 12.2 Å². The zero-order valence-electron chi connectivity index (χ0n) is 14.0. The minimum atomic E-state index is -3.69. The standard InChI is InChI=1S/C20H18BrNO3S/c21-19-11-4-2-7-16(19)12-13-26(24,25)22-20(23)14-17-9-5-8-15-6-1-3-10-18(15)17/h1-11H,12-14H2,(H,22,23). The molecule has 0 radical (unpaired) electrons. The Morgan fingerprint density at radius 3 is 2.35 bits per heavy atom. The van der Waals surface area contributed by atoms with Gasteiger partial charge in [0.05, 0.1) is 12.2 Å². The minimum Gasteiger partial charge on any atom is -0.274 e. The SMILES string of the molecule is O=C(Cc1cccc2ccccc12)NS(=O)(=O)CCc1ccccc1Br. The van der Waals surface area contributed by atoms with Gasteiger partial charge in [0.25, 0.3) is 0 Å². The van der Waals surface area contributed by atoms with E-state index in [1.165, 1.54) is 0 Å². The summed E-state index contributed by atoms with van der Waals surface area (Å²) >= 11 is 3.40. The van der Waals surface area contributed by atoms with Gasteiger partial charge in [-0.25, -0.2) is 8.42 Å². The summed E-state index contributed by atoms with van der Waals surface area (Å²) in [6, 6.07) is 20.8. The first-order valence-corrected chi connectivity index (χ1v) is 10.6. The van der Waals surface area contributed by atoms with Gasteiger partial charge >= 0.3 is 0 Å². The number of rotatable bonds is 6. The number of carbonyl (C=O) groups is 1. The van der Waals surface area contributed by atoms with Gasteiger partial charge in [-0.1, -0.05) is 76.6 Å². The summed E-state index contributed by atoms with van der Waals surface area (Å²) in [5.41, 5.74) is 1.70. The van der Waals surface area contributed by atoms with Gasteiger partial charge in [-0.2, -0.15) is 0 Å². The van der Waals surface area contributed by atoms with E-state index < -0.39 is 15.9 Å². The number of hydrogen-bond acceptors (Lipinski definition) is 3. The molecule has 0 atom stereocenters. The Bertz CT molecular complexity index is 1040. The van der Waals surface area contributed by atoms with Crippen LogP contribution in [0.3, 0.4) is 0 Å². The third-order valence-corrected chi connectivity index (χ3v) is 6.15. The number of fused-ring (bicyclic) bond motifs is 1. The number of aryl methyl sites for hydroxylation is 1. The molecule has 3 aromatic carbocycles. The molecule has 4 nitrogen and oxygen atoms in total. The van der Waals surface area contributed by atoms with Crippen LogP contribution in [0, 0.1) is 0 Å². The number of sulfonamides is 1. The molecule has 0 aromatic heterocycles. The van der Waals surface area contributed by atoms with Crippen LogP contribution in [0.2, 0.25) is 0 Å². The summed E-state index contributed by atoms with van der Waals surface area (Å²) in [7, 11) is -3.69. The molecule has 0 aliphatic heterocycles. The Hall–Kier alpha value is -2.18. The molecule has 0 spiro atoms. The van der Waals surface area contributed by atoms with E-state index in [1.807, 2.05) is 66.7 Å². The summed E-state index contributed by atoms with van der Waals surface area (Å²) in [6.07, 6.45) is 0.355. The minimum absolute atomic E-state index is 0.0234. The highest BCUT2D eigenvalue weighted by atomic mass is 79.9. The molecule has 0 aliphatic carbocycles. The van der Waals surface area contributed by atoms with Crippen molar-refractivity contribution in [1.82, 2.24) is 4.72 Å². The Labute approximate surface area is 161 Å². The van der Waals surface area contributed by atoms with Gasteiger partial charge in [0, 0.05) is 4.47 Å². The second kappa shape index (κ2) is 8.01. The number of nitrogens with one attached hydrogen (secondary N) is 1. The second-order valence-electron chi connectivity index (χ2n) is 6.00. The first-order valence-electron chi connectivity index (χ1n) is 8.18. The Kier molecular flexibility index (Phi) is 5.74. The van der Waals surface area contributed by atoms with Crippen molar-refractivity contribution in [2.24, 2.45) is 0 Å². The Morgan fingerprint density at radius 1 is 0.885 bits per heavy atom. The van der Waals surface area contributed by atoms with Crippen molar-refractivity contribution in [2.75, 3.05) is 5.75 Å². The smallest absolute Gasteiger partial charge is 0.237 e. The molecule has 3 rings (SSSR count). The largest absolute Gasteiger partial charge is 0.274 e. The first-order chi connectivity index (χ1) is 12.4.